The predicted molar refractivity (Wildman–Crippen MR) is 146 cm³/mol. The van der Waals surface area contributed by atoms with E-state index >= 15 is 0 Å². The van der Waals surface area contributed by atoms with Gasteiger partial charge in [0.05, 0.1) is 12.3 Å². The summed E-state index contributed by atoms with van der Waals surface area (Å²) in [5, 5.41) is 35.8. The molecule has 2 aromatic heterocycles. The number of nitrogen functional groups attached to an aromatic ring is 1. The van der Waals surface area contributed by atoms with Crippen molar-refractivity contribution in [3.05, 3.63) is 54.5 Å². The van der Waals surface area contributed by atoms with E-state index in [-0.39, 0.29) is 23.8 Å². The Kier molecular flexibility index (Phi) is 9.62. The van der Waals surface area contributed by atoms with Crippen LogP contribution in [0.4, 0.5) is 10.2 Å². The number of carboxylic acid groups (broad SMARTS) is 1. The van der Waals surface area contributed by atoms with Crippen molar-refractivity contribution in [2.45, 2.75) is 63.1 Å². The van der Waals surface area contributed by atoms with E-state index in [0.29, 0.717) is 11.9 Å². The zero-order chi connectivity index (χ0) is 29.8. The van der Waals surface area contributed by atoms with Gasteiger partial charge in [-0.15, -0.1) is 0 Å². The second kappa shape index (κ2) is 12.8. The first kappa shape index (κ1) is 30.8. The quantitative estimate of drug-likeness (QED) is 0.158. The SMILES string of the molecule is CCCCCN(C(C)C(=O)O)P(=O)(OC[C@@]1(CF)O[C@@H](c2ccc3c(N)ncnn23)[C@H](O)[C@@H]1O)Oc1ccccc1. The molecule has 3 aromatic rings. The number of aromatic nitrogens is 3. The molecule has 3 heterocycles. The minimum absolute atomic E-state index is 0.0416. The number of nitrogens with zero attached hydrogens (tertiary/aromatic N) is 4. The number of benzene rings is 1. The second-order valence-corrected chi connectivity index (χ2v) is 11.8. The number of hydrogen-bond acceptors (Lipinski definition) is 10. The van der Waals surface area contributed by atoms with E-state index in [0.717, 1.165) is 17.5 Å². The average Bonchev–Trinajstić information content (AvgIpc) is 3.50. The third-order valence-electron chi connectivity index (χ3n) is 7.11. The molecule has 0 aliphatic carbocycles. The molecule has 4 rings (SSSR count). The van der Waals surface area contributed by atoms with Crippen molar-refractivity contribution in [1.82, 2.24) is 19.3 Å². The van der Waals surface area contributed by atoms with E-state index < -0.39 is 57.0 Å². The lowest BCUT2D eigenvalue weighted by Gasteiger charge is -2.35. The van der Waals surface area contributed by atoms with Gasteiger partial charge in [-0.25, -0.2) is 18.5 Å². The van der Waals surface area contributed by atoms with Crippen molar-refractivity contribution in [3.8, 4) is 5.75 Å². The number of fused-ring (bicyclic) bond motifs is 1. The Morgan fingerprint density at radius 1 is 1.27 bits per heavy atom. The fraction of sp³-hybridized carbons (Fsp3) is 0.500. The molecule has 6 atom stereocenters. The topological polar surface area (TPSA) is 182 Å². The molecule has 0 radical (unpaired) electrons. The van der Waals surface area contributed by atoms with Crippen LogP contribution in [0.15, 0.2) is 48.8 Å². The van der Waals surface area contributed by atoms with Crippen LogP contribution in [-0.2, 0) is 18.6 Å². The monoisotopic (exact) mass is 595 g/mol. The number of carboxylic acids is 1. The van der Waals surface area contributed by atoms with Crippen molar-refractivity contribution in [1.29, 1.82) is 0 Å². The van der Waals surface area contributed by atoms with Gasteiger partial charge in [-0.05, 0) is 37.6 Å². The zero-order valence-electron chi connectivity index (χ0n) is 22.7. The summed E-state index contributed by atoms with van der Waals surface area (Å²) < 4.78 is 49.1. The van der Waals surface area contributed by atoms with Crippen molar-refractivity contribution < 1.29 is 42.9 Å². The van der Waals surface area contributed by atoms with Crippen LogP contribution in [0.2, 0.25) is 0 Å². The van der Waals surface area contributed by atoms with Gasteiger partial charge in [0.1, 0.15) is 54.2 Å². The standard InChI is InChI=1S/C26H35FN5O8P/c1-3-4-8-13-31(17(2)25(35)36)41(37,40-18-9-6-5-7-10-18)38-15-26(14-27)23(34)21(33)22(39-26)19-11-12-20-24(28)29-16-30-32(19)20/h5-7,9-12,16-17,21-23,33-34H,3-4,8,13-15H2,1-2H3,(H,35,36)(H2,28,29,30)/t17?,21-,22-,23-,26+,41?/m0/s1. The highest BCUT2D eigenvalue weighted by molar-refractivity contribution is 7.51. The summed E-state index contributed by atoms with van der Waals surface area (Å²) in [6.07, 6.45) is -1.50. The zero-order valence-corrected chi connectivity index (χ0v) is 23.6. The third kappa shape index (κ3) is 6.22. The molecule has 5 N–H and O–H groups in total. The lowest BCUT2D eigenvalue weighted by atomic mass is 9.96. The fourth-order valence-electron chi connectivity index (χ4n) is 4.70. The van der Waals surface area contributed by atoms with Gasteiger partial charge in [-0.3, -0.25) is 9.32 Å². The molecule has 0 saturated carbocycles. The van der Waals surface area contributed by atoms with Crippen LogP contribution in [-0.4, -0.2) is 84.2 Å². The number of carbonyl (C=O) groups is 1. The van der Waals surface area contributed by atoms with E-state index in [1.807, 2.05) is 6.92 Å². The Bertz CT molecular complexity index is 1380. The summed E-state index contributed by atoms with van der Waals surface area (Å²) >= 11 is 0. The first-order chi connectivity index (χ1) is 19.6. The van der Waals surface area contributed by atoms with Crippen LogP contribution in [0.3, 0.4) is 0 Å². The molecule has 1 fully saturated rings. The fourth-order valence-corrected chi connectivity index (χ4v) is 6.68. The molecule has 0 amide bonds. The van der Waals surface area contributed by atoms with Crippen molar-refractivity contribution in [2.75, 3.05) is 25.6 Å². The predicted octanol–water partition coefficient (Wildman–Crippen LogP) is 2.98. The van der Waals surface area contributed by atoms with E-state index in [4.69, 9.17) is 19.5 Å². The van der Waals surface area contributed by atoms with Crippen LogP contribution in [0, 0.1) is 0 Å². The maximum absolute atomic E-state index is 14.7. The number of ether oxygens (including phenoxy) is 1. The van der Waals surface area contributed by atoms with E-state index in [9.17, 15) is 29.1 Å². The molecule has 15 heteroatoms. The normalized spacial score (nSPS) is 24.9. The van der Waals surface area contributed by atoms with Gasteiger partial charge in [0.15, 0.2) is 5.82 Å². The first-order valence-corrected chi connectivity index (χ1v) is 14.7. The minimum atomic E-state index is -4.51. The van der Waals surface area contributed by atoms with E-state index in [2.05, 4.69) is 10.1 Å². The Labute approximate surface area is 236 Å². The van der Waals surface area contributed by atoms with Gasteiger partial charge in [-0.1, -0.05) is 38.0 Å². The molecular formula is C26H35FN5O8P. The lowest BCUT2D eigenvalue weighted by molar-refractivity contribution is -0.141. The molecule has 1 aromatic carbocycles. The summed E-state index contributed by atoms with van der Waals surface area (Å²) in [6, 6.07) is 9.84. The van der Waals surface area contributed by atoms with E-state index in [1.165, 1.54) is 29.9 Å². The maximum Gasteiger partial charge on any atom is 0.462 e. The summed E-state index contributed by atoms with van der Waals surface area (Å²) in [7, 11) is -4.51. The molecule has 2 unspecified atom stereocenters. The van der Waals surface area contributed by atoms with Gasteiger partial charge in [0.2, 0.25) is 0 Å². The number of aliphatic hydroxyl groups excluding tert-OH is 2. The Morgan fingerprint density at radius 2 is 2.00 bits per heavy atom. The smallest absolute Gasteiger partial charge is 0.462 e. The Hall–Kier alpha value is -3.13. The van der Waals surface area contributed by atoms with Gasteiger partial charge in [0, 0.05) is 6.54 Å². The molecule has 224 valence electrons. The highest BCUT2D eigenvalue weighted by atomic mass is 31.2. The Balaban J connectivity index is 1.66. The van der Waals surface area contributed by atoms with Crippen LogP contribution >= 0.6 is 7.75 Å². The number of anilines is 1. The van der Waals surface area contributed by atoms with E-state index in [1.54, 1.807) is 30.3 Å². The molecule has 1 aliphatic heterocycles. The highest BCUT2D eigenvalue weighted by Gasteiger charge is 2.57. The van der Waals surface area contributed by atoms with Gasteiger partial charge in [0.25, 0.3) is 0 Å². The minimum Gasteiger partial charge on any atom is -0.480 e. The first-order valence-electron chi connectivity index (χ1n) is 13.2. The highest BCUT2D eigenvalue weighted by Crippen LogP contribution is 2.55. The summed E-state index contributed by atoms with van der Waals surface area (Å²) in [5.41, 5.74) is 4.39. The summed E-state index contributed by atoms with van der Waals surface area (Å²) in [6.45, 7) is 1.18. The molecule has 0 spiro atoms. The lowest BCUT2D eigenvalue weighted by Crippen LogP contribution is -2.49. The van der Waals surface area contributed by atoms with Crippen LogP contribution in [0.1, 0.15) is 44.9 Å². The summed E-state index contributed by atoms with van der Waals surface area (Å²) in [5.74, 6) is -0.976. The number of para-hydroxylation sites is 1. The number of aliphatic carboxylic acids is 1. The third-order valence-corrected chi connectivity index (χ3v) is 9.18. The number of unbranched alkanes of at least 4 members (excludes halogenated alkanes) is 2. The van der Waals surface area contributed by atoms with Crippen LogP contribution in [0.5, 0.6) is 5.75 Å². The second-order valence-electron chi connectivity index (χ2n) is 9.90. The molecular weight excluding hydrogens is 560 g/mol. The van der Waals surface area contributed by atoms with Crippen LogP contribution < -0.4 is 10.3 Å². The van der Waals surface area contributed by atoms with Gasteiger partial charge < -0.3 is 30.3 Å². The summed E-state index contributed by atoms with van der Waals surface area (Å²) in [4.78, 5) is 15.9. The number of aliphatic hydroxyl groups is 2. The number of nitrogens with two attached hydrogens (primary N) is 1. The van der Waals surface area contributed by atoms with Gasteiger partial charge >= 0.3 is 13.7 Å². The average molecular weight is 596 g/mol. The number of alkyl halides is 1. The molecule has 1 aliphatic rings. The van der Waals surface area contributed by atoms with Gasteiger partial charge in [-0.2, -0.15) is 9.77 Å². The van der Waals surface area contributed by atoms with Crippen molar-refractivity contribution >= 4 is 25.1 Å². The molecule has 13 nitrogen and oxygen atoms in total. The number of halogens is 1. The Morgan fingerprint density at radius 3 is 2.66 bits per heavy atom. The molecule has 1 saturated heterocycles. The van der Waals surface area contributed by atoms with Crippen molar-refractivity contribution in [3.63, 3.8) is 0 Å². The number of rotatable bonds is 14. The van der Waals surface area contributed by atoms with Crippen molar-refractivity contribution in [2.24, 2.45) is 0 Å². The molecule has 0 bridgehead atoms. The number of hydrogen-bond donors (Lipinski definition) is 4. The largest absolute Gasteiger partial charge is 0.480 e. The molecule has 41 heavy (non-hydrogen) atoms. The maximum atomic E-state index is 14.7. The van der Waals surface area contributed by atoms with Crippen LogP contribution in [0.25, 0.3) is 5.52 Å².